The Hall–Kier alpha value is -1.58. The lowest BCUT2D eigenvalue weighted by Gasteiger charge is -2.14. The number of benzene rings is 1. The summed E-state index contributed by atoms with van der Waals surface area (Å²) in [5, 5.41) is 6.23. The van der Waals surface area contributed by atoms with Crippen molar-refractivity contribution in [3.8, 4) is 11.5 Å². The molecule has 3 rings (SSSR count). The maximum absolute atomic E-state index is 6.21. The van der Waals surface area contributed by atoms with Crippen LogP contribution < -0.4 is 9.47 Å². The molecule has 2 aromatic heterocycles. The molecule has 0 aliphatic heterocycles. The Labute approximate surface area is 244 Å². The molecule has 0 spiro atoms. The summed E-state index contributed by atoms with van der Waals surface area (Å²) in [5.41, 5.74) is 0. The first-order valence-corrected chi connectivity index (χ1v) is 15.2. The van der Waals surface area contributed by atoms with Gasteiger partial charge in [0.1, 0.15) is 24.7 Å². The van der Waals surface area contributed by atoms with Gasteiger partial charge in [0.15, 0.2) is 0 Å². The minimum atomic E-state index is 0.452. The summed E-state index contributed by atoms with van der Waals surface area (Å²) in [6.07, 6.45) is 0. The topological polar surface area (TPSA) is 92.3 Å². The van der Waals surface area contributed by atoms with Crippen LogP contribution in [0.1, 0.15) is 0 Å². The average Bonchev–Trinajstić information content (AvgIpc) is 3.65. The Kier molecular flexibility index (Phi) is 17.4. The first-order valence-electron chi connectivity index (χ1n) is 13.5. The molecular formula is C28H42O10S2. The Bertz CT molecular complexity index is 912. The SMILES string of the molecule is COCCOCCOCCOCCOc1c2ccsc2c(OCCOCCOCCOCCOC)c2ccsc12. The van der Waals surface area contributed by atoms with Crippen molar-refractivity contribution in [2.45, 2.75) is 0 Å². The largest absolute Gasteiger partial charge is 0.489 e. The fourth-order valence-electron chi connectivity index (χ4n) is 3.63. The number of rotatable bonds is 26. The molecule has 226 valence electrons. The van der Waals surface area contributed by atoms with Crippen LogP contribution in [0.25, 0.3) is 20.2 Å². The molecule has 0 atom stereocenters. The quantitative estimate of drug-likeness (QED) is 0.124. The van der Waals surface area contributed by atoms with Gasteiger partial charge < -0.3 is 47.4 Å². The predicted octanol–water partition coefficient (Wildman–Crippen LogP) is 4.27. The van der Waals surface area contributed by atoms with Crippen LogP contribution in [-0.2, 0) is 37.9 Å². The monoisotopic (exact) mass is 602 g/mol. The van der Waals surface area contributed by atoms with Crippen LogP contribution in [0.3, 0.4) is 0 Å². The van der Waals surface area contributed by atoms with Crippen molar-refractivity contribution in [1.82, 2.24) is 0 Å². The summed E-state index contributed by atoms with van der Waals surface area (Å²) in [6, 6.07) is 4.16. The maximum atomic E-state index is 6.21. The summed E-state index contributed by atoms with van der Waals surface area (Å²) in [7, 11) is 3.30. The molecule has 0 aliphatic carbocycles. The summed E-state index contributed by atoms with van der Waals surface area (Å²) in [4.78, 5) is 0. The summed E-state index contributed by atoms with van der Waals surface area (Å²) in [6.45, 7) is 8.43. The second-order valence-electron chi connectivity index (χ2n) is 8.34. The maximum Gasteiger partial charge on any atom is 0.146 e. The van der Waals surface area contributed by atoms with Crippen molar-refractivity contribution in [3.05, 3.63) is 22.9 Å². The van der Waals surface area contributed by atoms with Crippen molar-refractivity contribution in [2.75, 3.05) is 120 Å². The van der Waals surface area contributed by atoms with Crippen LogP contribution in [0.4, 0.5) is 0 Å². The molecule has 0 unspecified atom stereocenters. The summed E-state index contributed by atoms with van der Waals surface area (Å²) >= 11 is 3.29. The lowest BCUT2D eigenvalue weighted by Crippen LogP contribution is -2.14. The predicted molar refractivity (Wildman–Crippen MR) is 157 cm³/mol. The lowest BCUT2D eigenvalue weighted by atomic mass is 10.1. The van der Waals surface area contributed by atoms with Gasteiger partial charge in [0, 0.05) is 25.0 Å². The van der Waals surface area contributed by atoms with Crippen LogP contribution in [0.15, 0.2) is 22.9 Å². The number of methoxy groups -OCH3 is 2. The van der Waals surface area contributed by atoms with Crippen LogP contribution in [0.2, 0.25) is 0 Å². The number of ether oxygens (including phenoxy) is 10. The normalized spacial score (nSPS) is 11.7. The van der Waals surface area contributed by atoms with E-state index in [1.807, 2.05) is 0 Å². The van der Waals surface area contributed by atoms with Gasteiger partial charge in [-0.25, -0.2) is 0 Å². The van der Waals surface area contributed by atoms with E-state index < -0.39 is 0 Å². The van der Waals surface area contributed by atoms with Crippen LogP contribution in [0, 0.1) is 0 Å². The minimum absolute atomic E-state index is 0.452. The smallest absolute Gasteiger partial charge is 0.146 e. The molecule has 0 bridgehead atoms. The van der Waals surface area contributed by atoms with Crippen molar-refractivity contribution in [2.24, 2.45) is 0 Å². The molecule has 0 radical (unpaired) electrons. The molecule has 0 N–H and O–H groups in total. The third kappa shape index (κ3) is 11.7. The van der Waals surface area contributed by atoms with E-state index in [4.69, 9.17) is 47.4 Å². The second kappa shape index (κ2) is 21.2. The fourth-order valence-corrected chi connectivity index (χ4v) is 5.44. The van der Waals surface area contributed by atoms with E-state index in [2.05, 4.69) is 22.9 Å². The van der Waals surface area contributed by atoms with Gasteiger partial charge in [0.25, 0.3) is 0 Å². The molecule has 40 heavy (non-hydrogen) atoms. The number of fused-ring (bicyclic) bond motifs is 2. The average molecular weight is 603 g/mol. The van der Waals surface area contributed by atoms with Gasteiger partial charge in [-0.05, 0) is 22.9 Å². The molecule has 0 amide bonds. The van der Waals surface area contributed by atoms with Gasteiger partial charge in [-0.3, -0.25) is 0 Å². The molecule has 3 aromatic rings. The molecule has 0 fully saturated rings. The Morgan fingerprint density at radius 3 is 1.05 bits per heavy atom. The highest BCUT2D eigenvalue weighted by Gasteiger charge is 2.18. The summed E-state index contributed by atoms with van der Waals surface area (Å²) < 4.78 is 57.5. The van der Waals surface area contributed by atoms with Gasteiger partial charge in [-0.1, -0.05) is 0 Å². The highest BCUT2D eigenvalue weighted by atomic mass is 32.1. The van der Waals surface area contributed by atoms with Gasteiger partial charge >= 0.3 is 0 Å². The van der Waals surface area contributed by atoms with Crippen molar-refractivity contribution in [1.29, 1.82) is 0 Å². The molecule has 2 heterocycles. The van der Waals surface area contributed by atoms with Gasteiger partial charge in [-0.15, -0.1) is 22.7 Å². The van der Waals surface area contributed by atoms with E-state index in [0.717, 1.165) is 31.7 Å². The van der Waals surface area contributed by atoms with E-state index >= 15 is 0 Å². The van der Waals surface area contributed by atoms with Crippen molar-refractivity contribution < 1.29 is 47.4 Å². The molecule has 1 aromatic carbocycles. The van der Waals surface area contributed by atoms with Gasteiger partial charge in [0.2, 0.25) is 0 Å². The van der Waals surface area contributed by atoms with Gasteiger partial charge in [-0.2, -0.15) is 0 Å². The Morgan fingerprint density at radius 1 is 0.425 bits per heavy atom. The van der Waals surface area contributed by atoms with E-state index in [1.54, 1.807) is 36.9 Å². The first-order chi connectivity index (χ1) is 19.9. The van der Waals surface area contributed by atoms with Crippen molar-refractivity contribution in [3.63, 3.8) is 0 Å². The van der Waals surface area contributed by atoms with Crippen LogP contribution >= 0.6 is 22.7 Å². The zero-order chi connectivity index (χ0) is 28.1. The number of hydrogen-bond donors (Lipinski definition) is 0. The third-order valence-electron chi connectivity index (χ3n) is 5.53. The highest BCUT2D eigenvalue weighted by molar-refractivity contribution is 7.19. The Morgan fingerprint density at radius 2 is 0.725 bits per heavy atom. The van der Waals surface area contributed by atoms with E-state index in [1.165, 1.54) is 0 Å². The first kappa shape index (κ1) is 32.9. The minimum Gasteiger partial charge on any atom is -0.489 e. The van der Waals surface area contributed by atoms with E-state index in [9.17, 15) is 0 Å². The zero-order valence-electron chi connectivity index (χ0n) is 23.5. The highest BCUT2D eigenvalue weighted by Crippen LogP contribution is 2.47. The number of hydrogen-bond acceptors (Lipinski definition) is 12. The standard InChI is InChI=1S/C28H42O10S2/c1-29-5-7-31-9-11-33-13-15-35-17-19-37-25-23-3-21-40-28(23)26(24-4-22-39-27(24)25)38-20-18-36-16-14-34-12-10-32-8-6-30-2/h3-4,21-22H,5-20H2,1-2H3. The van der Waals surface area contributed by atoms with E-state index in [0.29, 0.717) is 106 Å². The third-order valence-corrected chi connectivity index (χ3v) is 7.36. The molecule has 0 aliphatic rings. The van der Waals surface area contributed by atoms with E-state index in [-0.39, 0.29) is 0 Å². The van der Waals surface area contributed by atoms with Crippen molar-refractivity contribution >= 4 is 42.8 Å². The molecular weight excluding hydrogens is 560 g/mol. The lowest BCUT2D eigenvalue weighted by molar-refractivity contribution is 0.000202. The Balaban J connectivity index is 1.34. The molecule has 12 heteroatoms. The van der Waals surface area contributed by atoms with Gasteiger partial charge in [0.05, 0.1) is 102 Å². The number of thiophene rings is 2. The molecule has 10 nitrogen and oxygen atoms in total. The van der Waals surface area contributed by atoms with Crippen LogP contribution in [-0.4, -0.2) is 120 Å². The van der Waals surface area contributed by atoms with Crippen LogP contribution in [0.5, 0.6) is 11.5 Å². The molecule has 0 saturated carbocycles. The molecule has 0 saturated heterocycles. The second-order valence-corrected chi connectivity index (χ2v) is 10.2. The summed E-state index contributed by atoms with van der Waals surface area (Å²) in [5.74, 6) is 1.75. The zero-order valence-corrected chi connectivity index (χ0v) is 25.2. The fraction of sp³-hybridized carbons (Fsp3) is 0.643.